The quantitative estimate of drug-likeness (QED) is 0.0360. The average Bonchev–Trinajstić information content (AvgIpc) is 2.94. The van der Waals surface area contributed by atoms with Crippen LogP contribution in [0.2, 0.25) is 33.2 Å². The third kappa shape index (κ3) is 16.0. The number of rotatable bonds is 28. The zero-order chi connectivity index (χ0) is 34.5. The second-order valence-electron chi connectivity index (χ2n) is 15.7. The third-order valence-electron chi connectivity index (χ3n) is 10.4. The molecule has 4 nitrogen and oxygen atoms in total. The van der Waals surface area contributed by atoms with Gasteiger partial charge in [0.25, 0.3) is 0 Å². The highest BCUT2D eigenvalue weighted by molar-refractivity contribution is 6.78. The van der Waals surface area contributed by atoms with Crippen LogP contribution in [0.15, 0.2) is 12.2 Å². The molecular formula is C39H80O4Si2. The van der Waals surface area contributed by atoms with Gasteiger partial charge in [-0.05, 0) is 65.4 Å². The van der Waals surface area contributed by atoms with Crippen molar-refractivity contribution in [3.8, 4) is 0 Å². The molecule has 0 rings (SSSR count). The first-order valence-electron chi connectivity index (χ1n) is 19.3. The molecule has 0 aliphatic carbocycles. The number of unbranched alkanes of at least 4 members (excludes halogenated alkanes) is 11. The molecule has 0 radical (unpaired) electrons. The van der Waals surface area contributed by atoms with Gasteiger partial charge in [0.1, 0.15) is 6.10 Å². The summed E-state index contributed by atoms with van der Waals surface area (Å²) in [7, 11) is -4.17. The van der Waals surface area contributed by atoms with Crippen LogP contribution in [-0.2, 0) is 18.4 Å². The van der Waals surface area contributed by atoms with Crippen LogP contribution in [0.3, 0.4) is 0 Å². The molecule has 0 heterocycles. The maximum atomic E-state index is 13.1. The van der Waals surface area contributed by atoms with Crippen molar-refractivity contribution in [1.29, 1.82) is 0 Å². The molecule has 0 aliphatic rings. The number of esters is 1. The van der Waals surface area contributed by atoms with E-state index in [4.69, 9.17) is 13.6 Å². The first-order valence-corrected chi connectivity index (χ1v) is 23.6. The van der Waals surface area contributed by atoms with E-state index in [1.165, 1.54) is 70.6 Å². The Hall–Kier alpha value is -0.436. The van der Waals surface area contributed by atoms with E-state index in [-0.39, 0.29) is 12.1 Å². The van der Waals surface area contributed by atoms with E-state index in [1.807, 2.05) is 0 Å². The van der Waals surface area contributed by atoms with E-state index < -0.39 is 16.6 Å². The molecule has 0 N–H and O–H groups in total. The molecule has 0 spiro atoms. The monoisotopic (exact) mass is 669 g/mol. The van der Waals surface area contributed by atoms with Gasteiger partial charge in [0, 0.05) is 6.42 Å². The molecule has 0 aliphatic heterocycles. The molecule has 0 aromatic rings. The summed E-state index contributed by atoms with van der Waals surface area (Å²) < 4.78 is 20.1. The second-order valence-corrected chi connectivity index (χ2v) is 26.6. The highest BCUT2D eigenvalue weighted by atomic mass is 28.4. The number of hydrogen-bond donors (Lipinski definition) is 0. The Morgan fingerprint density at radius 2 is 0.844 bits per heavy atom. The van der Waals surface area contributed by atoms with Crippen molar-refractivity contribution in [3.05, 3.63) is 12.2 Å². The molecule has 0 bridgehead atoms. The van der Waals surface area contributed by atoms with Crippen LogP contribution in [0.5, 0.6) is 0 Å². The Balaban J connectivity index is 4.98. The maximum Gasteiger partial charge on any atom is 0.306 e. The van der Waals surface area contributed by atoms with Gasteiger partial charge < -0.3 is 13.6 Å². The summed E-state index contributed by atoms with van der Waals surface area (Å²) in [5.41, 5.74) is 2.92. The van der Waals surface area contributed by atoms with Crippen LogP contribution in [0, 0.1) is 0 Å². The van der Waals surface area contributed by atoms with Crippen LogP contribution in [-0.4, -0.2) is 41.9 Å². The Bertz CT molecular complexity index is 681. The minimum absolute atomic E-state index is 0.0957. The number of ether oxygens (including phenoxy) is 1. The Kier molecular flexibility index (Phi) is 24.4. The summed E-state index contributed by atoms with van der Waals surface area (Å²) in [5, 5.41) is 0. The van der Waals surface area contributed by atoms with Gasteiger partial charge in [-0.2, -0.15) is 0 Å². The molecule has 6 heteroatoms. The van der Waals surface area contributed by atoms with Gasteiger partial charge >= 0.3 is 5.97 Å². The topological polar surface area (TPSA) is 44.8 Å². The minimum Gasteiger partial charge on any atom is -0.458 e. The van der Waals surface area contributed by atoms with Crippen LogP contribution >= 0.6 is 0 Å². The molecule has 0 atom stereocenters. The molecule has 0 aromatic carbocycles. The van der Waals surface area contributed by atoms with Crippen molar-refractivity contribution in [2.45, 2.75) is 219 Å². The summed E-state index contributed by atoms with van der Waals surface area (Å²) >= 11 is 0. The highest BCUT2D eigenvalue weighted by Gasteiger charge is 2.47. The van der Waals surface area contributed by atoms with Crippen molar-refractivity contribution in [1.82, 2.24) is 0 Å². The Morgan fingerprint density at radius 1 is 0.511 bits per heavy atom. The van der Waals surface area contributed by atoms with Crippen LogP contribution in [0.1, 0.15) is 180 Å². The molecule has 0 saturated heterocycles. The van der Waals surface area contributed by atoms with Crippen molar-refractivity contribution >= 4 is 22.6 Å². The Labute approximate surface area is 284 Å². The fraction of sp³-hybridized carbons (Fsp3) is 0.923. The largest absolute Gasteiger partial charge is 0.458 e. The number of allylic oxidation sites excluding steroid dienone is 2. The van der Waals surface area contributed by atoms with E-state index in [0.29, 0.717) is 52.9 Å². The maximum absolute atomic E-state index is 13.1. The van der Waals surface area contributed by atoms with Gasteiger partial charge in [0.15, 0.2) is 0 Å². The summed E-state index contributed by atoms with van der Waals surface area (Å²) in [6.45, 7) is 30.9. The zero-order valence-corrected chi connectivity index (χ0v) is 34.6. The molecule has 0 fully saturated rings. The Morgan fingerprint density at radius 3 is 1.20 bits per heavy atom. The standard InChI is InChI=1S/C39H80O4Si2/c1-14-15-16-17-18-19-20-21-22-23-24-25-26-27-28-29-39(40)43-38(30-41-44(32(2)3,33(4)5)34(6)7)31-42-45(35(8)9,36(10)11)37(12)13/h21-22,32-38H,14-20,23-31H2,1-13H3/b22-21-. The number of carbonyl (C=O) groups excluding carboxylic acids is 1. The SMILES string of the molecule is CCCCCCCC/C=C\CCCCCCCC(=O)OC(CO[Si](C(C)C)(C(C)C)C(C)C)CO[Si](C(C)C)(C(C)C)C(C)C. The molecule has 268 valence electrons. The van der Waals surface area contributed by atoms with Crippen molar-refractivity contribution in [2.75, 3.05) is 13.2 Å². The number of hydrogen-bond acceptors (Lipinski definition) is 4. The molecule has 0 saturated carbocycles. The lowest BCUT2D eigenvalue weighted by molar-refractivity contribution is -0.152. The van der Waals surface area contributed by atoms with Crippen LogP contribution in [0.4, 0.5) is 0 Å². The summed E-state index contributed by atoms with van der Waals surface area (Å²) in [6, 6.07) is 0. The second kappa shape index (κ2) is 24.7. The number of carbonyl (C=O) groups is 1. The third-order valence-corrected chi connectivity index (χ3v) is 22.6. The van der Waals surface area contributed by atoms with Crippen LogP contribution in [0.25, 0.3) is 0 Å². The molecule has 0 aromatic heterocycles. The summed E-state index contributed by atoms with van der Waals surface area (Å²) in [6.07, 6.45) is 21.2. The van der Waals surface area contributed by atoms with Crippen molar-refractivity contribution in [2.24, 2.45) is 0 Å². The highest BCUT2D eigenvalue weighted by Crippen LogP contribution is 2.44. The lowest BCUT2D eigenvalue weighted by Gasteiger charge is -2.44. The first kappa shape index (κ1) is 44.6. The fourth-order valence-electron chi connectivity index (χ4n) is 8.18. The minimum atomic E-state index is -2.09. The van der Waals surface area contributed by atoms with Crippen molar-refractivity contribution in [3.63, 3.8) is 0 Å². The molecule has 45 heavy (non-hydrogen) atoms. The summed E-state index contributed by atoms with van der Waals surface area (Å²) in [4.78, 5) is 13.1. The van der Waals surface area contributed by atoms with E-state index >= 15 is 0 Å². The molecule has 0 amide bonds. The van der Waals surface area contributed by atoms with Gasteiger partial charge in [-0.25, -0.2) is 0 Å². The van der Waals surface area contributed by atoms with E-state index in [9.17, 15) is 4.79 Å². The van der Waals surface area contributed by atoms with Crippen molar-refractivity contribution < 1.29 is 18.4 Å². The lowest BCUT2D eigenvalue weighted by atomic mass is 10.1. The average molecular weight is 669 g/mol. The molecule has 0 unspecified atom stereocenters. The van der Waals surface area contributed by atoms with Gasteiger partial charge in [-0.15, -0.1) is 0 Å². The van der Waals surface area contributed by atoms with Gasteiger partial charge in [-0.3, -0.25) is 4.79 Å². The van der Waals surface area contributed by atoms with E-state index in [2.05, 4.69) is 102 Å². The van der Waals surface area contributed by atoms with E-state index in [1.54, 1.807) is 0 Å². The zero-order valence-electron chi connectivity index (χ0n) is 32.6. The van der Waals surface area contributed by atoms with Gasteiger partial charge in [0.05, 0.1) is 13.2 Å². The van der Waals surface area contributed by atoms with Crippen LogP contribution < -0.4 is 0 Å². The smallest absolute Gasteiger partial charge is 0.306 e. The summed E-state index contributed by atoms with van der Waals surface area (Å²) in [5.74, 6) is -0.0957. The molecular weight excluding hydrogens is 589 g/mol. The predicted octanol–water partition coefficient (Wildman–Crippen LogP) is 13.3. The van der Waals surface area contributed by atoms with Gasteiger partial charge in [-0.1, -0.05) is 154 Å². The fourth-order valence-corrected chi connectivity index (χ4v) is 19.1. The first-order chi connectivity index (χ1) is 21.2. The van der Waals surface area contributed by atoms with E-state index in [0.717, 1.165) is 12.8 Å². The normalized spacial score (nSPS) is 13.3. The van der Waals surface area contributed by atoms with Gasteiger partial charge in [0.2, 0.25) is 16.6 Å². The predicted molar refractivity (Wildman–Crippen MR) is 203 cm³/mol. The lowest BCUT2D eigenvalue weighted by Crippen LogP contribution is -2.52.